The number of nitrogens with one attached hydrogen (secondary N) is 1. The predicted octanol–water partition coefficient (Wildman–Crippen LogP) is 2.78. The molecule has 20 heavy (non-hydrogen) atoms. The van der Waals surface area contributed by atoms with E-state index in [1.54, 1.807) is 36.4 Å². The molecule has 0 atom stereocenters. The average molecular weight is 327 g/mol. The van der Waals surface area contributed by atoms with Gasteiger partial charge in [0.25, 0.3) is 10.0 Å². The first-order valence-corrected chi connectivity index (χ1v) is 7.84. The van der Waals surface area contributed by atoms with Crippen LogP contribution >= 0.6 is 23.8 Å². The van der Waals surface area contributed by atoms with Gasteiger partial charge in [0, 0.05) is 5.56 Å². The largest absolute Gasteiger partial charge is 0.389 e. The van der Waals surface area contributed by atoms with Crippen LogP contribution < -0.4 is 10.5 Å². The minimum atomic E-state index is -3.70. The topological polar surface area (TPSA) is 72.2 Å². The monoisotopic (exact) mass is 326 g/mol. The highest BCUT2D eigenvalue weighted by Crippen LogP contribution is 2.24. The Morgan fingerprint density at radius 3 is 2.25 bits per heavy atom. The summed E-state index contributed by atoms with van der Waals surface area (Å²) >= 11 is 10.7. The van der Waals surface area contributed by atoms with Crippen LogP contribution in [0, 0.1) is 0 Å². The highest BCUT2D eigenvalue weighted by molar-refractivity contribution is 7.92. The van der Waals surface area contributed by atoms with Crippen molar-refractivity contribution in [2.45, 2.75) is 4.90 Å². The van der Waals surface area contributed by atoms with E-state index in [4.69, 9.17) is 29.6 Å². The van der Waals surface area contributed by atoms with Crippen LogP contribution in [0.4, 0.5) is 5.69 Å². The molecule has 104 valence electrons. The van der Waals surface area contributed by atoms with E-state index in [1.165, 1.54) is 12.1 Å². The fourth-order valence-corrected chi connectivity index (χ4v) is 3.00. The Balaban J connectivity index is 2.31. The molecule has 0 aromatic heterocycles. The van der Waals surface area contributed by atoms with E-state index < -0.39 is 10.0 Å². The summed E-state index contributed by atoms with van der Waals surface area (Å²) < 4.78 is 26.8. The van der Waals surface area contributed by atoms with Crippen molar-refractivity contribution in [3.8, 4) is 0 Å². The number of rotatable bonds is 4. The van der Waals surface area contributed by atoms with Gasteiger partial charge in [-0.15, -0.1) is 0 Å². The molecule has 0 amide bonds. The molecule has 7 heteroatoms. The zero-order valence-corrected chi connectivity index (χ0v) is 12.6. The standard InChI is InChI=1S/C13H11ClN2O2S2/c14-11-3-1-2-4-12(11)16-20(17,18)10-7-5-9(6-8-10)13(15)19/h1-8,16H,(H2,15,19). The van der Waals surface area contributed by atoms with Gasteiger partial charge in [-0.25, -0.2) is 8.42 Å². The van der Waals surface area contributed by atoms with Crippen molar-refractivity contribution in [1.29, 1.82) is 0 Å². The Labute approximate surface area is 127 Å². The first kappa shape index (κ1) is 14.8. The van der Waals surface area contributed by atoms with Crippen LogP contribution in [0.2, 0.25) is 5.02 Å². The zero-order chi connectivity index (χ0) is 14.8. The van der Waals surface area contributed by atoms with Crippen LogP contribution in [0.25, 0.3) is 0 Å². The summed E-state index contributed by atoms with van der Waals surface area (Å²) in [5.74, 6) is 0. The molecule has 2 aromatic rings. The zero-order valence-electron chi connectivity index (χ0n) is 10.2. The summed E-state index contributed by atoms with van der Waals surface area (Å²) in [4.78, 5) is 0.324. The van der Waals surface area contributed by atoms with Crippen molar-refractivity contribution in [1.82, 2.24) is 0 Å². The Kier molecular flexibility index (Phi) is 4.27. The summed E-state index contributed by atoms with van der Waals surface area (Å²) in [6, 6.07) is 12.6. The fourth-order valence-electron chi connectivity index (χ4n) is 1.55. The first-order chi connectivity index (χ1) is 9.40. The number of halogens is 1. The van der Waals surface area contributed by atoms with E-state index in [1.807, 2.05) is 0 Å². The number of benzene rings is 2. The number of hydrogen-bond acceptors (Lipinski definition) is 3. The van der Waals surface area contributed by atoms with Gasteiger partial charge in [-0.2, -0.15) is 0 Å². The highest BCUT2D eigenvalue weighted by atomic mass is 35.5. The van der Waals surface area contributed by atoms with Gasteiger partial charge in [0.2, 0.25) is 0 Å². The summed E-state index contributed by atoms with van der Waals surface area (Å²) in [5.41, 5.74) is 6.40. The van der Waals surface area contributed by atoms with Gasteiger partial charge in [-0.1, -0.05) is 48.1 Å². The maximum atomic E-state index is 12.2. The molecule has 2 rings (SSSR count). The van der Waals surface area contributed by atoms with Gasteiger partial charge in [0.05, 0.1) is 15.6 Å². The molecule has 0 aliphatic rings. The van der Waals surface area contributed by atoms with Crippen molar-refractivity contribution in [2.75, 3.05) is 4.72 Å². The molecule has 0 spiro atoms. The van der Waals surface area contributed by atoms with E-state index >= 15 is 0 Å². The third kappa shape index (κ3) is 3.27. The lowest BCUT2D eigenvalue weighted by molar-refractivity contribution is 0.601. The molecule has 0 radical (unpaired) electrons. The van der Waals surface area contributed by atoms with Crippen molar-refractivity contribution in [3.63, 3.8) is 0 Å². The van der Waals surface area contributed by atoms with Crippen molar-refractivity contribution >= 4 is 44.5 Å². The van der Waals surface area contributed by atoms with Gasteiger partial charge < -0.3 is 5.73 Å². The minimum Gasteiger partial charge on any atom is -0.389 e. The Bertz CT molecular complexity index is 743. The number of hydrogen-bond donors (Lipinski definition) is 2. The second-order valence-electron chi connectivity index (χ2n) is 3.97. The smallest absolute Gasteiger partial charge is 0.261 e. The molecular formula is C13H11ClN2O2S2. The molecule has 0 aliphatic carbocycles. The van der Waals surface area contributed by atoms with Crippen LogP contribution in [-0.2, 0) is 10.0 Å². The first-order valence-electron chi connectivity index (χ1n) is 5.57. The van der Waals surface area contributed by atoms with Crippen LogP contribution in [0.3, 0.4) is 0 Å². The van der Waals surface area contributed by atoms with Crippen molar-refractivity contribution < 1.29 is 8.42 Å². The van der Waals surface area contributed by atoms with E-state index in [0.717, 1.165) is 0 Å². The average Bonchev–Trinajstić information content (AvgIpc) is 2.41. The summed E-state index contributed by atoms with van der Waals surface area (Å²) in [5, 5.41) is 0.329. The van der Waals surface area contributed by atoms with Crippen molar-refractivity contribution in [3.05, 3.63) is 59.1 Å². The number of para-hydroxylation sites is 1. The summed E-state index contributed by atoms with van der Waals surface area (Å²) in [6.07, 6.45) is 0. The van der Waals surface area contributed by atoms with E-state index in [0.29, 0.717) is 16.3 Å². The van der Waals surface area contributed by atoms with Crippen LogP contribution in [0.15, 0.2) is 53.4 Å². The lowest BCUT2D eigenvalue weighted by atomic mass is 10.2. The highest BCUT2D eigenvalue weighted by Gasteiger charge is 2.15. The van der Waals surface area contributed by atoms with E-state index in [-0.39, 0.29) is 9.88 Å². The minimum absolute atomic E-state index is 0.109. The third-order valence-corrected chi connectivity index (χ3v) is 4.51. The Hall–Kier alpha value is -1.63. The molecule has 2 aromatic carbocycles. The molecule has 4 nitrogen and oxygen atoms in total. The number of nitrogens with two attached hydrogens (primary N) is 1. The van der Waals surface area contributed by atoms with Gasteiger partial charge in [0.15, 0.2) is 0 Å². The quantitative estimate of drug-likeness (QED) is 0.847. The second kappa shape index (κ2) is 5.78. The van der Waals surface area contributed by atoms with Crippen LogP contribution in [0.1, 0.15) is 5.56 Å². The lowest BCUT2D eigenvalue weighted by Gasteiger charge is -2.09. The molecule has 0 saturated heterocycles. The summed E-state index contributed by atoms with van der Waals surface area (Å²) in [7, 11) is -3.70. The number of anilines is 1. The van der Waals surface area contributed by atoms with Gasteiger partial charge in [0.1, 0.15) is 4.99 Å². The fraction of sp³-hybridized carbons (Fsp3) is 0. The predicted molar refractivity (Wildman–Crippen MR) is 84.6 cm³/mol. The summed E-state index contributed by atoms with van der Waals surface area (Å²) in [6.45, 7) is 0. The van der Waals surface area contributed by atoms with Crippen molar-refractivity contribution in [2.24, 2.45) is 5.73 Å². The molecule has 0 bridgehead atoms. The Morgan fingerprint density at radius 1 is 1.10 bits per heavy atom. The SMILES string of the molecule is NC(=S)c1ccc(S(=O)(=O)Nc2ccccc2Cl)cc1. The lowest BCUT2D eigenvalue weighted by Crippen LogP contribution is -2.14. The molecule has 0 aliphatic heterocycles. The molecule has 3 N–H and O–H groups in total. The second-order valence-corrected chi connectivity index (χ2v) is 6.50. The maximum Gasteiger partial charge on any atom is 0.261 e. The molecule has 0 fully saturated rings. The molecule has 0 saturated carbocycles. The molecular weight excluding hydrogens is 316 g/mol. The van der Waals surface area contributed by atoms with E-state index in [9.17, 15) is 8.42 Å². The maximum absolute atomic E-state index is 12.2. The van der Waals surface area contributed by atoms with Crippen LogP contribution in [0.5, 0.6) is 0 Å². The van der Waals surface area contributed by atoms with E-state index in [2.05, 4.69) is 4.72 Å². The Morgan fingerprint density at radius 2 is 1.70 bits per heavy atom. The van der Waals surface area contributed by atoms with Gasteiger partial charge in [-0.05, 0) is 24.3 Å². The normalized spacial score (nSPS) is 11.1. The third-order valence-electron chi connectivity index (χ3n) is 2.57. The van der Waals surface area contributed by atoms with Gasteiger partial charge >= 0.3 is 0 Å². The molecule has 0 heterocycles. The number of sulfonamides is 1. The van der Waals surface area contributed by atoms with Crippen LogP contribution in [-0.4, -0.2) is 13.4 Å². The molecule has 0 unspecified atom stereocenters. The van der Waals surface area contributed by atoms with Gasteiger partial charge in [-0.3, -0.25) is 4.72 Å². The number of thiocarbonyl (C=S) groups is 1.